The molecular weight excluding hydrogens is 999 g/mol. The molecule has 0 saturated carbocycles. The molecule has 0 aromatic rings. The Morgan fingerprint density at radius 2 is 1.22 bits per heavy atom. The average molecular weight is 1070 g/mol. The van der Waals surface area contributed by atoms with Crippen molar-refractivity contribution in [1.29, 1.82) is 0 Å². The molecule has 33 nitrogen and oxygen atoms in total. The van der Waals surface area contributed by atoms with Gasteiger partial charge in [-0.1, -0.05) is 0 Å². The third-order valence-electron chi connectivity index (χ3n) is 11.1. The first-order valence-electron chi connectivity index (χ1n) is 23.3. The smallest absolute Gasteiger partial charge is 0.328 e. The maximum atomic E-state index is 13.4. The quantitative estimate of drug-likeness (QED) is 0.0165. The average Bonchev–Trinajstić information content (AvgIpc) is 3.34. The zero-order valence-corrected chi connectivity index (χ0v) is 40.4. The van der Waals surface area contributed by atoms with Gasteiger partial charge in [0.05, 0.1) is 45.9 Å². The van der Waals surface area contributed by atoms with E-state index in [2.05, 4.69) is 31.6 Å². The molecule has 0 radical (unpaired) electrons. The van der Waals surface area contributed by atoms with Gasteiger partial charge in [-0.3, -0.25) is 43.3 Å². The van der Waals surface area contributed by atoms with Crippen molar-refractivity contribution in [3.8, 4) is 0 Å². The van der Waals surface area contributed by atoms with E-state index in [1.807, 2.05) is 10.6 Å². The van der Waals surface area contributed by atoms with Gasteiger partial charge >= 0.3 is 11.9 Å². The van der Waals surface area contributed by atoms with E-state index in [9.17, 15) is 84.0 Å². The molecule has 2 aliphatic rings. The molecule has 2 rings (SSSR count). The Kier molecular flexibility index (Phi) is 28.6. The minimum Gasteiger partial charge on any atom is -0.481 e. The highest BCUT2D eigenvalue weighted by molar-refractivity contribution is 5.96. The van der Waals surface area contributed by atoms with Crippen LogP contribution < -0.4 is 54.4 Å². The Morgan fingerprint density at radius 1 is 0.649 bits per heavy atom. The lowest BCUT2D eigenvalue weighted by atomic mass is 9.95. The Bertz CT molecular complexity index is 1900. The number of aliphatic imine (C=N–C) groups is 1. The van der Waals surface area contributed by atoms with Crippen molar-refractivity contribution < 1.29 is 108 Å². The summed E-state index contributed by atoms with van der Waals surface area (Å²) in [5.41, 5.74) is 16.3. The molecule has 14 atom stereocenters. The van der Waals surface area contributed by atoms with E-state index in [1.165, 1.54) is 0 Å². The highest BCUT2D eigenvalue weighted by atomic mass is 16.7. The van der Waals surface area contributed by atoms with Crippen LogP contribution in [0.4, 0.5) is 0 Å². The zero-order valence-electron chi connectivity index (χ0n) is 40.4. The SMILES string of the molecule is CC(=O)NC1C(OCCCC(=O)N[C@@H](CCCCN)C(=O)NCC(=O)N[C@@H](CCCN=C(N)N)C(=O)NCC(=O)N[C@@H](CC(=O)O)C(=O)N[C@@H](CO)C(=O)O)O[C@H](CO)[C@H](O[C@H]2OC(CO)C(O)[C@H](O)[C@H]2O)C1O. The van der Waals surface area contributed by atoms with Gasteiger partial charge in [-0.25, -0.2) is 4.79 Å². The molecular formula is C41H71N11O22. The third-order valence-corrected chi connectivity index (χ3v) is 11.1. The van der Waals surface area contributed by atoms with E-state index in [4.69, 9.17) is 41.3 Å². The number of hydrogen-bond acceptors (Lipinski definition) is 22. The van der Waals surface area contributed by atoms with Crippen LogP contribution in [0.1, 0.15) is 58.3 Å². The highest BCUT2D eigenvalue weighted by Crippen LogP contribution is 2.30. The Hall–Kier alpha value is -5.98. The molecule has 2 fully saturated rings. The lowest BCUT2D eigenvalue weighted by molar-refractivity contribution is -0.348. The highest BCUT2D eigenvalue weighted by Gasteiger charge is 2.51. The number of guanidine groups is 1. The topological polar surface area (TPSA) is 547 Å². The lowest BCUT2D eigenvalue weighted by Crippen LogP contribution is -2.67. The van der Waals surface area contributed by atoms with E-state index in [0.717, 1.165) is 6.92 Å². The fourth-order valence-corrected chi connectivity index (χ4v) is 7.25. The molecule has 74 heavy (non-hydrogen) atoms. The summed E-state index contributed by atoms with van der Waals surface area (Å²) in [7, 11) is 0. The van der Waals surface area contributed by atoms with Crippen molar-refractivity contribution in [3.63, 3.8) is 0 Å². The molecule has 0 aromatic heterocycles. The number of nitrogens with two attached hydrogens (primary N) is 3. The summed E-state index contributed by atoms with van der Waals surface area (Å²) in [6, 6.07) is -7.62. The predicted octanol–water partition coefficient (Wildman–Crippen LogP) is -10.5. The van der Waals surface area contributed by atoms with Crippen molar-refractivity contribution in [3.05, 3.63) is 0 Å². The number of aliphatic carboxylic acids is 2. The van der Waals surface area contributed by atoms with Gasteiger partial charge in [0.25, 0.3) is 0 Å². The molecule has 422 valence electrons. The van der Waals surface area contributed by atoms with Crippen LogP contribution >= 0.6 is 0 Å². The van der Waals surface area contributed by atoms with Gasteiger partial charge in [-0.15, -0.1) is 0 Å². The monoisotopic (exact) mass is 1070 g/mol. The first kappa shape index (κ1) is 64.1. The minimum atomic E-state index is -1.88. The number of nitrogens with zero attached hydrogens (tertiary/aromatic N) is 1. The molecule has 0 aromatic carbocycles. The number of ether oxygens (including phenoxy) is 4. The maximum Gasteiger partial charge on any atom is 0.328 e. The molecule has 33 heteroatoms. The van der Waals surface area contributed by atoms with Crippen LogP contribution in [0.25, 0.3) is 0 Å². The van der Waals surface area contributed by atoms with Crippen LogP contribution in [0.3, 0.4) is 0 Å². The number of nitrogens with one attached hydrogen (secondary N) is 7. The lowest BCUT2D eigenvalue weighted by Gasteiger charge is -2.47. The second-order valence-electron chi connectivity index (χ2n) is 16.9. The summed E-state index contributed by atoms with van der Waals surface area (Å²) >= 11 is 0. The fraction of sp³-hybridized carbons (Fsp3) is 0.756. The van der Waals surface area contributed by atoms with Gasteiger partial charge in [-0.05, 0) is 45.1 Å². The summed E-state index contributed by atoms with van der Waals surface area (Å²) in [4.78, 5) is 116. The van der Waals surface area contributed by atoms with Crippen LogP contribution in [0.2, 0.25) is 0 Å². The van der Waals surface area contributed by atoms with E-state index in [-0.39, 0.29) is 57.8 Å². The normalized spacial score (nSPS) is 25.1. The van der Waals surface area contributed by atoms with Crippen molar-refractivity contribution in [2.24, 2.45) is 22.2 Å². The van der Waals surface area contributed by atoms with E-state index in [0.29, 0.717) is 12.8 Å². The van der Waals surface area contributed by atoms with Crippen molar-refractivity contribution in [2.45, 2.75) is 144 Å². The number of unbranched alkanes of at least 4 members (excludes halogenated alkanes) is 1. The predicted molar refractivity (Wildman–Crippen MR) is 247 cm³/mol. The summed E-state index contributed by atoms with van der Waals surface area (Å²) in [6.07, 6.45) is -15.1. The minimum absolute atomic E-state index is 0.00107. The standard InChI is InChI=1S/C41H71N11O22/c1-18(56)48-29-31(63)34(74-40-33(65)32(64)30(62)23(16-54)72-40)24(17-55)73-39(29)71-11-5-8-25(57)49-19(6-2-3-9-42)35(66)46-13-26(58)50-20(7-4-10-45-41(43)44)36(67)47-14-27(59)51-21(12-28(60)61)37(68)52-22(15-53)38(69)70/h19-24,29-34,39-40,53-55,62-65H,2-17,42H2,1H3,(H,46,66)(H,47,67)(H,48,56)(H,49,57)(H,50,58)(H,51,59)(H,52,68)(H,60,61)(H,69,70)(H4,43,44,45)/t19-,20-,21-,22-,23?,24+,29?,30?,31?,32-,33+,34-,39?,40+/m0/s1. The molecule has 0 spiro atoms. The number of hydrogen-bond donors (Lipinski definition) is 19. The van der Waals surface area contributed by atoms with Gasteiger partial charge in [0.15, 0.2) is 18.5 Å². The number of rotatable bonds is 33. The zero-order chi connectivity index (χ0) is 55.7. The molecule has 7 amide bonds. The third kappa shape index (κ3) is 21.9. The Balaban J connectivity index is 2.05. The fourth-order valence-electron chi connectivity index (χ4n) is 7.25. The van der Waals surface area contributed by atoms with Crippen molar-refractivity contribution >= 4 is 59.2 Å². The van der Waals surface area contributed by atoms with Gasteiger partial charge in [-0.2, -0.15) is 0 Å². The first-order valence-corrected chi connectivity index (χ1v) is 23.3. The summed E-state index contributed by atoms with van der Waals surface area (Å²) in [5, 5.41) is 105. The molecule has 0 aliphatic carbocycles. The van der Waals surface area contributed by atoms with E-state index >= 15 is 0 Å². The molecule has 22 N–H and O–H groups in total. The van der Waals surface area contributed by atoms with Crippen LogP contribution in [0.15, 0.2) is 4.99 Å². The van der Waals surface area contributed by atoms with Crippen molar-refractivity contribution in [2.75, 3.05) is 52.6 Å². The Morgan fingerprint density at radius 3 is 1.74 bits per heavy atom. The van der Waals surface area contributed by atoms with E-state index < -0.39 is 178 Å². The van der Waals surface area contributed by atoms with Crippen LogP contribution in [0.5, 0.6) is 0 Å². The number of carboxylic acids is 2. The Labute approximate surface area is 422 Å². The number of aliphatic hydroxyl groups is 7. The van der Waals surface area contributed by atoms with Gasteiger partial charge in [0, 0.05) is 19.9 Å². The summed E-state index contributed by atoms with van der Waals surface area (Å²) < 4.78 is 22.6. The summed E-state index contributed by atoms with van der Waals surface area (Å²) in [6.45, 7) is -3.12. The number of aliphatic hydroxyl groups excluding tert-OH is 7. The molecule has 2 aliphatic heterocycles. The largest absolute Gasteiger partial charge is 0.481 e. The van der Waals surface area contributed by atoms with Gasteiger partial charge in [0.1, 0.15) is 72.9 Å². The number of carbonyl (C=O) groups is 9. The number of carbonyl (C=O) groups excluding carboxylic acids is 7. The van der Waals surface area contributed by atoms with Crippen LogP contribution in [-0.4, -0.2) is 243 Å². The van der Waals surface area contributed by atoms with Crippen molar-refractivity contribution in [1.82, 2.24) is 37.2 Å². The number of carboxylic acid groups (broad SMARTS) is 2. The molecule has 2 heterocycles. The molecule has 0 bridgehead atoms. The molecule has 2 saturated heterocycles. The number of amides is 7. The first-order chi connectivity index (χ1) is 35.0. The van der Waals surface area contributed by atoms with Gasteiger partial charge in [0.2, 0.25) is 41.4 Å². The summed E-state index contributed by atoms with van der Waals surface area (Å²) in [5.74, 6) is -9.83. The molecule has 5 unspecified atom stereocenters. The van der Waals surface area contributed by atoms with Gasteiger partial charge < -0.3 is 119 Å². The van der Waals surface area contributed by atoms with Crippen LogP contribution in [-0.2, 0) is 62.1 Å². The maximum absolute atomic E-state index is 13.4. The second kappa shape index (κ2) is 33.0. The second-order valence-corrected chi connectivity index (χ2v) is 16.9. The van der Waals surface area contributed by atoms with Crippen LogP contribution in [0, 0.1) is 0 Å². The van der Waals surface area contributed by atoms with E-state index in [1.54, 1.807) is 0 Å².